The Morgan fingerprint density at radius 1 is 1.50 bits per heavy atom. The van der Waals surface area contributed by atoms with Crippen LogP contribution in [0, 0.1) is 18.2 Å². The largest absolute Gasteiger partial charge is 0.449 e. The molecule has 1 aromatic carbocycles. The molecule has 1 fully saturated rings. The number of carbonyl (C=O) groups excluding carboxylic acids is 1. The summed E-state index contributed by atoms with van der Waals surface area (Å²) in [4.78, 5) is 11.3. The Kier molecular flexibility index (Phi) is 3.36. The molecule has 1 aliphatic rings. The standard InChI is InChI=1S/C13H15BrFNO2/c1-7-4-8(14)5-9(10(7)15)11-13(2,3)6-18-12(17)16-11/h4-5,11H,6H2,1-3H3,(H,16,17)/t11-/m0/s1. The van der Waals surface area contributed by atoms with E-state index in [4.69, 9.17) is 4.74 Å². The average Bonchev–Trinajstić information content (AvgIpc) is 2.27. The van der Waals surface area contributed by atoms with E-state index in [0.717, 1.165) is 4.47 Å². The van der Waals surface area contributed by atoms with Crippen molar-refractivity contribution in [1.82, 2.24) is 5.32 Å². The second-order valence-corrected chi connectivity index (χ2v) is 6.18. The highest BCUT2D eigenvalue weighted by Gasteiger charge is 2.39. The summed E-state index contributed by atoms with van der Waals surface area (Å²) in [6.45, 7) is 5.85. The van der Waals surface area contributed by atoms with Crippen LogP contribution in [-0.2, 0) is 4.74 Å². The molecule has 1 N–H and O–H groups in total. The predicted octanol–water partition coefficient (Wildman–Crippen LogP) is 3.70. The van der Waals surface area contributed by atoms with Gasteiger partial charge in [0, 0.05) is 15.5 Å². The van der Waals surface area contributed by atoms with Crippen LogP contribution in [0.25, 0.3) is 0 Å². The lowest BCUT2D eigenvalue weighted by Crippen LogP contribution is -2.47. The summed E-state index contributed by atoms with van der Waals surface area (Å²) < 4.78 is 20.0. The number of cyclic esters (lactones) is 1. The first-order valence-electron chi connectivity index (χ1n) is 5.70. The third-order valence-corrected chi connectivity index (χ3v) is 3.64. The molecule has 0 spiro atoms. The third kappa shape index (κ3) is 2.36. The normalized spacial score (nSPS) is 22.3. The van der Waals surface area contributed by atoms with Gasteiger partial charge < -0.3 is 10.1 Å². The van der Waals surface area contributed by atoms with Crippen LogP contribution in [0.2, 0.25) is 0 Å². The van der Waals surface area contributed by atoms with Crippen molar-refractivity contribution in [2.75, 3.05) is 6.61 Å². The molecule has 1 heterocycles. The lowest BCUT2D eigenvalue weighted by molar-refractivity contribution is 0.0377. The van der Waals surface area contributed by atoms with E-state index in [0.29, 0.717) is 11.1 Å². The minimum atomic E-state index is -0.503. The fraction of sp³-hybridized carbons (Fsp3) is 0.462. The monoisotopic (exact) mass is 315 g/mol. The van der Waals surface area contributed by atoms with Crippen LogP contribution in [0.15, 0.2) is 16.6 Å². The van der Waals surface area contributed by atoms with E-state index in [1.54, 1.807) is 19.1 Å². The molecule has 0 saturated carbocycles. The van der Waals surface area contributed by atoms with Crippen LogP contribution in [0.4, 0.5) is 9.18 Å². The molecular formula is C13H15BrFNO2. The van der Waals surface area contributed by atoms with Crippen molar-refractivity contribution in [3.05, 3.63) is 33.5 Å². The minimum absolute atomic E-state index is 0.272. The Morgan fingerprint density at radius 2 is 2.17 bits per heavy atom. The molecule has 0 bridgehead atoms. The SMILES string of the molecule is Cc1cc(Br)cc([C@@H]2NC(=O)OCC2(C)C)c1F. The number of carbonyl (C=O) groups is 1. The van der Waals surface area contributed by atoms with E-state index in [-0.39, 0.29) is 17.8 Å². The third-order valence-electron chi connectivity index (χ3n) is 3.18. The quantitative estimate of drug-likeness (QED) is 0.858. The van der Waals surface area contributed by atoms with Gasteiger partial charge >= 0.3 is 6.09 Å². The van der Waals surface area contributed by atoms with Gasteiger partial charge in [-0.25, -0.2) is 9.18 Å². The van der Waals surface area contributed by atoms with Crippen molar-refractivity contribution in [1.29, 1.82) is 0 Å². The summed E-state index contributed by atoms with van der Waals surface area (Å²) >= 11 is 3.36. The summed E-state index contributed by atoms with van der Waals surface area (Å²) in [6, 6.07) is 3.03. The highest BCUT2D eigenvalue weighted by Crippen LogP contribution is 2.39. The Bertz CT molecular complexity index is 502. The minimum Gasteiger partial charge on any atom is -0.449 e. The van der Waals surface area contributed by atoms with Gasteiger partial charge in [-0.05, 0) is 24.6 Å². The van der Waals surface area contributed by atoms with Gasteiger partial charge in [0.05, 0.1) is 6.04 Å². The summed E-state index contributed by atoms with van der Waals surface area (Å²) in [6.07, 6.45) is -0.503. The highest BCUT2D eigenvalue weighted by molar-refractivity contribution is 9.10. The molecule has 2 rings (SSSR count). The number of amides is 1. The van der Waals surface area contributed by atoms with Crippen molar-refractivity contribution < 1.29 is 13.9 Å². The molecule has 1 atom stereocenters. The number of benzene rings is 1. The van der Waals surface area contributed by atoms with Gasteiger partial charge in [-0.1, -0.05) is 29.8 Å². The summed E-state index contributed by atoms with van der Waals surface area (Å²) in [5.41, 5.74) is 0.682. The number of ether oxygens (including phenoxy) is 1. The number of alkyl carbamates (subject to hydrolysis) is 1. The van der Waals surface area contributed by atoms with Crippen LogP contribution >= 0.6 is 15.9 Å². The van der Waals surface area contributed by atoms with E-state index < -0.39 is 12.1 Å². The molecule has 98 valence electrons. The van der Waals surface area contributed by atoms with Gasteiger partial charge in [-0.2, -0.15) is 0 Å². The molecule has 18 heavy (non-hydrogen) atoms. The molecule has 3 nitrogen and oxygen atoms in total. The summed E-state index contributed by atoms with van der Waals surface area (Å²) in [5, 5.41) is 2.70. The van der Waals surface area contributed by atoms with E-state index in [1.165, 1.54) is 0 Å². The number of rotatable bonds is 1. The van der Waals surface area contributed by atoms with Crippen LogP contribution in [0.3, 0.4) is 0 Å². The zero-order valence-corrected chi connectivity index (χ0v) is 12.1. The molecule has 0 aliphatic carbocycles. The van der Waals surface area contributed by atoms with Crippen molar-refractivity contribution in [3.8, 4) is 0 Å². The topological polar surface area (TPSA) is 38.3 Å². The van der Waals surface area contributed by atoms with Gasteiger partial charge in [0.25, 0.3) is 0 Å². The lowest BCUT2D eigenvalue weighted by Gasteiger charge is -2.38. The molecule has 1 aromatic rings. The Labute approximate surface area is 114 Å². The van der Waals surface area contributed by atoms with E-state index in [9.17, 15) is 9.18 Å². The van der Waals surface area contributed by atoms with Crippen molar-refractivity contribution >= 4 is 22.0 Å². The zero-order chi connectivity index (χ0) is 13.5. The van der Waals surface area contributed by atoms with Crippen molar-refractivity contribution in [3.63, 3.8) is 0 Å². The van der Waals surface area contributed by atoms with Gasteiger partial charge in [-0.15, -0.1) is 0 Å². The molecule has 1 amide bonds. The number of halogens is 2. The summed E-state index contributed by atoms with van der Waals surface area (Å²) in [5.74, 6) is -0.279. The van der Waals surface area contributed by atoms with E-state index in [1.807, 2.05) is 13.8 Å². The molecule has 1 aliphatic heterocycles. The first-order valence-corrected chi connectivity index (χ1v) is 6.49. The lowest BCUT2D eigenvalue weighted by atomic mass is 9.80. The maximum atomic E-state index is 14.2. The second kappa shape index (κ2) is 4.53. The Morgan fingerprint density at radius 3 is 2.83 bits per heavy atom. The number of hydrogen-bond donors (Lipinski definition) is 1. The average molecular weight is 316 g/mol. The van der Waals surface area contributed by atoms with Gasteiger partial charge in [-0.3, -0.25) is 0 Å². The van der Waals surface area contributed by atoms with Crippen molar-refractivity contribution in [2.45, 2.75) is 26.8 Å². The van der Waals surface area contributed by atoms with Crippen LogP contribution in [0.1, 0.15) is 31.0 Å². The van der Waals surface area contributed by atoms with E-state index >= 15 is 0 Å². The first-order chi connectivity index (χ1) is 8.31. The Hall–Kier alpha value is -1.10. The second-order valence-electron chi connectivity index (χ2n) is 5.27. The molecule has 0 unspecified atom stereocenters. The van der Waals surface area contributed by atoms with Crippen LogP contribution in [-0.4, -0.2) is 12.7 Å². The van der Waals surface area contributed by atoms with Gasteiger partial charge in [0.1, 0.15) is 12.4 Å². The molecular weight excluding hydrogens is 301 g/mol. The fourth-order valence-electron chi connectivity index (χ4n) is 2.15. The first kappa shape index (κ1) is 13.3. The number of hydrogen-bond acceptors (Lipinski definition) is 2. The van der Waals surface area contributed by atoms with Crippen LogP contribution < -0.4 is 5.32 Å². The van der Waals surface area contributed by atoms with Crippen molar-refractivity contribution in [2.24, 2.45) is 5.41 Å². The fourth-order valence-corrected chi connectivity index (χ4v) is 2.74. The maximum Gasteiger partial charge on any atom is 0.407 e. The highest BCUT2D eigenvalue weighted by atomic mass is 79.9. The number of nitrogens with one attached hydrogen (secondary N) is 1. The molecule has 0 radical (unpaired) electrons. The number of aryl methyl sites for hydroxylation is 1. The van der Waals surface area contributed by atoms with E-state index in [2.05, 4.69) is 21.2 Å². The molecule has 5 heteroatoms. The van der Waals surface area contributed by atoms with Gasteiger partial charge in [0.15, 0.2) is 0 Å². The zero-order valence-electron chi connectivity index (χ0n) is 10.5. The van der Waals surface area contributed by atoms with Gasteiger partial charge in [0.2, 0.25) is 0 Å². The van der Waals surface area contributed by atoms with Crippen LogP contribution in [0.5, 0.6) is 0 Å². The smallest absolute Gasteiger partial charge is 0.407 e. The Balaban J connectivity index is 2.49. The molecule has 0 aromatic heterocycles. The maximum absolute atomic E-state index is 14.2. The summed E-state index contributed by atoms with van der Waals surface area (Å²) in [7, 11) is 0. The molecule has 1 saturated heterocycles. The predicted molar refractivity (Wildman–Crippen MR) is 69.8 cm³/mol.